The number of piperazine rings is 1. The lowest BCUT2D eigenvalue weighted by Gasteiger charge is -2.34. The Morgan fingerprint density at radius 2 is 1.54 bits per heavy atom. The van der Waals surface area contributed by atoms with Gasteiger partial charge in [-0.25, -0.2) is 0 Å². The van der Waals surface area contributed by atoms with Crippen LogP contribution in [-0.4, -0.2) is 67.2 Å². The maximum atomic E-state index is 13.8. The lowest BCUT2D eigenvalue weighted by molar-refractivity contribution is 0.0649. The van der Waals surface area contributed by atoms with E-state index in [1.54, 1.807) is 14.2 Å². The molecule has 0 bridgehead atoms. The fourth-order valence-corrected chi connectivity index (χ4v) is 5.13. The smallest absolute Gasteiger partial charge is 0.255 e. The highest BCUT2D eigenvalue weighted by Gasteiger charge is 2.27. The van der Waals surface area contributed by atoms with Gasteiger partial charge in [0.05, 0.1) is 31.2 Å². The summed E-state index contributed by atoms with van der Waals surface area (Å²) < 4.78 is 13.3. The highest BCUT2D eigenvalue weighted by atomic mass is 16.5. The molecule has 200 valence electrons. The molecule has 0 spiro atoms. The molecule has 0 saturated carbocycles. The molecule has 1 aliphatic rings. The summed E-state index contributed by atoms with van der Waals surface area (Å²) in [6, 6.07) is 28.3. The van der Waals surface area contributed by atoms with Crippen molar-refractivity contribution in [3.8, 4) is 28.4 Å². The summed E-state index contributed by atoms with van der Waals surface area (Å²) in [5, 5.41) is 0. The number of methoxy groups -OCH3 is 2. The molecule has 1 aliphatic heterocycles. The van der Waals surface area contributed by atoms with E-state index in [2.05, 4.69) is 45.9 Å². The van der Waals surface area contributed by atoms with Crippen LogP contribution in [0, 0.1) is 6.92 Å². The molecular formula is C33H35N3O3. The van der Waals surface area contributed by atoms with Crippen molar-refractivity contribution in [3.05, 3.63) is 108 Å². The molecule has 39 heavy (non-hydrogen) atoms. The Morgan fingerprint density at radius 1 is 0.846 bits per heavy atom. The van der Waals surface area contributed by atoms with Crippen LogP contribution in [0.25, 0.3) is 23.0 Å². The molecular weight excluding hydrogens is 486 g/mol. The third-order valence-corrected chi connectivity index (χ3v) is 7.31. The Bertz CT molecular complexity index is 1440. The number of ether oxygens (including phenoxy) is 2. The van der Waals surface area contributed by atoms with Crippen LogP contribution in [0.1, 0.15) is 21.6 Å². The molecule has 1 amide bonds. The molecule has 0 unspecified atom stereocenters. The summed E-state index contributed by atoms with van der Waals surface area (Å²) in [5.74, 6) is 1.46. The predicted octanol–water partition coefficient (Wildman–Crippen LogP) is 5.94. The number of carbonyl (C=O) groups excluding carboxylic acids is 1. The summed E-state index contributed by atoms with van der Waals surface area (Å²) in [4.78, 5) is 18.2. The summed E-state index contributed by atoms with van der Waals surface area (Å²) in [5.41, 5.74) is 5.65. The lowest BCUT2D eigenvalue weighted by Crippen LogP contribution is -2.48. The maximum Gasteiger partial charge on any atom is 0.255 e. The van der Waals surface area contributed by atoms with Crippen LogP contribution in [0.3, 0.4) is 0 Å². The largest absolute Gasteiger partial charge is 0.497 e. The Balaban J connectivity index is 1.38. The van der Waals surface area contributed by atoms with Gasteiger partial charge in [-0.1, -0.05) is 72.8 Å². The van der Waals surface area contributed by atoms with Crippen LogP contribution in [-0.2, 0) is 0 Å². The minimum atomic E-state index is 0.0652. The standard InChI is InChI=1S/C33H35N3O3/c1-25-29(33(37)35-21-19-34(20-22-35)18-10-13-26-11-6-4-7-12-26)24-31(27-14-8-5-9-15-27)36(25)30-17-16-28(38-2)23-32(30)39-3/h4-17,23-24H,18-22H2,1-3H3/b13-10+. The van der Waals surface area contributed by atoms with E-state index in [4.69, 9.17) is 9.47 Å². The molecule has 0 radical (unpaired) electrons. The number of carbonyl (C=O) groups is 1. The Hall–Kier alpha value is -4.29. The number of rotatable bonds is 8. The van der Waals surface area contributed by atoms with Crippen molar-refractivity contribution in [2.45, 2.75) is 6.92 Å². The van der Waals surface area contributed by atoms with Gasteiger partial charge in [0.1, 0.15) is 11.5 Å². The fraction of sp³-hybridized carbons (Fsp3) is 0.242. The summed E-state index contributed by atoms with van der Waals surface area (Å²) in [6.07, 6.45) is 4.35. The Morgan fingerprint density at radius 3 is 2.21 bits per heavy atom. The van der Waals surface area contributed by atoms with E-state index in [9.17, 15) is 4.79 Å². The van der Waals surface area contributed by atoms with Gasteiger partial charge in [-0.2, -0.15) is 0 Å². The maximum absolute atomic E-state index is 13.8. The van der Waals surface area contributed by atoms with E-state index in [1.165, 1.54) is 5.56 Å². The van der Waals surface area contributed by atoms with Crippen LogP contribution in [0.15, 0.2) is 91.0 Å². The molecule has 1 fully saturated rings. The van der Waals surface area contributed by atoms with E-state index < -0.39 is 0 Å². The molecule has 6 heteroatoms. The number of benzene rings is 3. The van der Waals surface area contributed by atoms with E-state index in [1.807, 2.05) is 72.5 Å². The number of aromatic nitrogens is 1. The molecule has 4 aromatic rings. The van der Waals surface area contributed by atoms with E-state index in [-0.39, 0.29) is 5.91 Å². The lowest BCUT2D eigenvalue weighted by atomic mass is 10.1. The van der Waals surface area contributed by atoms with Crippen molar-refractivity contribution in [2.75, 3.05) is 46.9 Å². The first kappa shape index (κ1) is 26.3. The van der Waals surface area contributed by atoms with Gasteiger partial charge in [-0.05, 0) is 36.2 Å². The van der Waals surface area contributed by atoms with Gasteiger partial charge in [-0.3, -0.25) is 9.69 Å². The van der Waals surface area contributed by atoms with Gasteiger partial charge in [0.15, 0.2) is 0 Å². The molecule has 0 N–H and O–H groups in total. The number of hydrogen-bond donors (Lipinski definition) is 0. The van der Waals surface area contributed by atoms with Crippen molar-refractivity contribution in [2.24, 2.45) is 0 Å². The van der Waals surface area contributed by atoms with Crippen molar-refractivity contribution in [1.82, 2.24) is 14.4 Å². The topological polar surface area (TPSA) is 46.9 Å². The van der Waals surface area contributed by atoms with Gasteiger partial charge in [0.25, 0.3) is 5.91 Å². The average molecular weight is 522 g/mol. The molecule has 0 atom stereocenters. The second kappa shape index (κ2) is 12.0. The fourth-order valence-electron chi connectivity index (χ4n) is 5.13. The third kappa shape index (κ3) is 5.76. The number of amides is 1. The third-order valence-electron chi connectivity index (χ3n) is 7.31. The highest BCUT2D eigenvalue weighted by Crippen LogP contribution is 2.36. The van der Waals surface area contributed by atoms with Crippen LogP contribution in [0.5, 0.6) is 11.5 Å². The quantitative estimate of drug-likeness (QED) is 0.288. The Labute approximate surface area is 230 Å². The van der Waals surface area contributed by atoms with Crippen molar-refractivity contribution < 1.29 is 14.3 Å². The second-order valence-corrected chi connectivity index (χ2v) is 9.67. The van der Waals surface area contributed by atoms with Crippen molar-refractivity contribution in [3.63, 3.8) is 0 Å². The summed E-state index contributed by atoms with van der Waals surface area (Å²) in [6.45, 7) is 5.99. The van der Waals surface area contributed by atoms with E-state index in [0.29, 0.717) is 24.4 Å². The molecule has 1 saturated heterocycles. The molecule has 3 aromatic carbocycles. The van der Waals surface area contributed by atoms with E-state index >= 15 is 0 Å². The van der Waals surface area contributed by atoms with Gasteiger partial charge < -0.3 is 18.9 Å². The minimum Gasteiger partial charge on any atom is -0.497 e. The highest BCUT2D eigenvalue weighted by molar-refractivity contribution is 5.97. The van der Waals surface area contributed by atoms with Crippen LogP contribution >= 0.6 is 0 Å². The average Bonchev–Trinajstić information content (AvgIpc) is 3.34. The Kier molecular flexibility index (Phi) is 8.13. The van der Waals surface area contributed by atoms with Crippen molar-refractivity contribution >= 4 is 12.0 Å². The van der Waals surface area contributed by atoms with Crippen LogP contribution < -0.4 is 9.47 Å². The predicted molar refractivity (Wildman–Crippen MR) is 157 cm³/mol. The zero-order chi connectivity index (χ0) is 27.2. The molecule has 5 rings (SSSR count). The number of hydrogen-bond acceptors (Lipinski definition) is 4. The zero-order valence-corrected chi connectivity index (χ0v) is 22.8. The van der Waals surface area contributed by atoms with Gasteiger partial charge in [0.2, 0.25) is 0 Å². The second-order valence-electron chi connectivity index (χ2n) is 9.67. The summed E-state index contributed by atoms with van der Waals surface area (Å²) in [7, 11) is 3.29. The summed E-state index contributed by atoms with van der Waals surface area (Å²) >= 11 is 0. The van der Waals surface area contributed by atoms with E-state index in [0.717, 1.165) is 48.0 Å². The minimum absolute atomic E-state index is 0.0652. The first-order chi connectivity index (χ1) is 19.1. The molecule has 2 heterocycles. The monoisotopic (exact) mass is 521 g/mol. The normalized spacial score (nSPS) is 14.1. The first-order valence-corrected chi connectivity index (χ1v) is 13.3. The van der Waals surface area contributed by atoms with Crippen molar-refractivity contribution in [1.29, 1.82) is 0 Å². The molecule has 1 aromatic heterocycles. The SMILES string of the molecule is COc1ccc(-n2c(-c3ccccc3)cc(C(=O)N3CCN(C/C=C/c4ccccc4)CC3)c2C)c(OC)c1. The van der Waals surface area contributed by atoms with Crippen LogP contribution in [0.4, 0.5) is 0 Å². The first-order valence-electron chi connectivity index (χ1n) is 13.3. The molecule has 0 aliphatic carbocycles. The number of nitrogens with zero attached hydrogens (tertiary/aromatic N) is 3. The van der Waals surface area contributed by atoms with Gasteiger partial charge in [0, 0.05) is 44.5 Å². The van der Waals surface area contributed by atoms with Gasteiger partial charge >= 0.3 is 0 Å². The zero-order valence-electron chi connectivity index (χ0n) is 22.8. The molecule has 6 nitrogen and oxygen atoms in total. The van der Waals surface area contributed by atoms with Crippen LogP contribution in [0.2, 0.25) is 0 Å². The van der Waals surface area contributed by atoms with Gasteiger partial charge in [-0.15, -0.1) is 0 Å².